The van der Waals surface area contributed by atoms with Crippen LogP contribution in [-0.4, -0.2) is 75.3 Å². The molecule has 0 spiro atoms. The second-order valence-electron chi connectivity index (χ2n) is 7.68. The van der Waals surface area contributed by atoms with Gasteiger partial charge in [-0.05, 0) is 42.0 Å². The highest BCUT2D eigenvalue weighted by molar-refractivity contribution is 5.93. The van der Waals surface area contributed by atoms with Gasteiger partial charge in [0.15, 0.2) is 0 Å². The third-order valence-electron chi connectivity index (χ3n) is 5.09. The molecule has 11 nitrogen and oxygen atoms in total. The van der Waals surface area contributed by atoms with E-state index in [4.69, 9.17) is 19.3 Å². The number of benzene rings is 1. The number of tetrazole rings is 1. The Balaban J connectivity index is 1.41. The number of nitrogens with zero attached hydrogens (tertiary/aromatic N) is 5. The average molecular weight is 454 g/mol. The number of hydrogen-bond donors (Lipinski definition) is 2. The first-order valence-corrected chi connectivity index (χ1v) is 10.6. The molecular weight excluding hydrogens is 428 g/mol. The van der Waals surface area contributed by atoms with Crippen molar-refractivity contribution in [2.24, 2.45) is 0 Å². The van der Waals surface area contributed by atoms with Crippen LogP contribution in [0.1, 0.15) is 21.7 Å². The van der Waals surface area contributed by atoms with Crippen molar-refractivity contribution >= 4 is 5.91 Å². The predicted molar refractivity (Wildman–Crippen MR) is 117 cm³/mol. The number of aromatic nitrogens is 5. The van der Waals surface area contributed by atoms with Crippen LogP contribution in [0.2, 0.25) is 0 Å². The van der Waals surface area contributed by atoms with E-state index in [9.17, 15) is 4.79 Å². The Kier molecular flexibility index (Phi) is 7.23. The second kappa shape index (κ2) is 10.5. The zero-order valence-electron chi connectivity index (χ0n) is 18.5. The molecule has 0 radical (unpaired) electrons. The Morgan fingerprint density at radius 2 is 2.06 bits per heavy atom. The van der Waals surface area contributed by atoms with Gasteiger partial charge in [-0.25, -0.2) is 4.98 Å². The summed E-state index contributed by atoms with van der Waals surface area (Å²) in [6, 6.07) is 10.9. The zero-order chi connectivity index (χ0) is 23.2. The summed E-state index contributed by atoms with van der Waals surface area (Å²) >= 11 is 0. The summed E-state index contributed by atoms with van der Waals surface area (Å²) < 4.78 is 16.4. The van der Waals surface area contributed by atoms with Crippen LogP contribution in [0, 0.1) is 6.92 Å². The van der Waals surface area contributed by atoms with Crippen LogP contribution in [0.25, 0.3) is 11.4 Å². The predicted octanol–water partition coefficient (Wildman–Crippen LogP) is 0.758. The molecule has 3 aromatic rings. The summed E-state index contributed by atoms with van der Waals surface area (Å²) in [6.07, 6.45) is -0.527. The normalized spacial score (nSPS) is 18.2. The van der Waals surface area contributed by atoms with Gasteiger partial charge in [0.1, 0.15) is 23.7 Å². The molecule has 11 heteroatoms. The number of methoxy groups -OCH3 is 1. The monoisotopic (exact) mass is 454 g/mol. The lowest BCUT2D eigenvalue weighted by Gasteiger charge is -2.27. The maximum atomic E-state index is 12.7. The standard InChI is InChI=1S/C22H26N6O5/c1-14-6-16(21-25-27-28(26-21)10-18-12-33-19(11-29)13-32-18)8-20(24-14)22(30)23-9-15-4-3-5-17(7-15)31-2/h3-8,18-19,29H,9-13H2,1-2H3,(H,23,30)/t18?,19-/m0/s1. The molecule has 2 N–H and O–H groups in total. The van der Waals surface area contributed by atoms with E-state index in [0.717, 1.165) is 11.3 Å². The molecule has 1 saturated heterocycles. The molecular formula is C22H26N6O5. The van der Waals surface area contributed by atoms with Crippen LogP contribution in [0.15, 0.2) is 36.4 Å². The highest BCUT2D eigenvalue weighted by Gasteiger charge is 2.23. The molecule has 2 aromatic heterocycles. The lowest BCUT2D eigenvalue weighted by Crippen LogP contribution is -2.40. The molecule has 1 aromatic carbocycles. The largest absolute Gasteiger partial charge is 0.497 e. The molecule has 1 aliphatic rings. The van der Waals surface area contributed by atoms with Gasteiger partial charge in [-0.15, -0.1) is 10.2 Å². The Morgan fingerprint density at radius 3 is 2.82 bits per heavy atom. The van der Waals surface area contributed by atoms with Gasteiger partial charge in [0.05, 0.1) is 33.5 Å². The van der Waals surface area contributed by atoms with Crippen LogP contribution in [-0.2, 0) is 22.6 Å². The highest BCUT2D eigenvalue weighted by Crippen LogP contribution is 2.17. The number of hydrogen-bond acceptors (Lipinski definition) is 9. The van der Waals surface area contributed by atoms with E-state index in [1.165, 1.54) is 4.80 Å². The molecule has 0 bridgehead atoms. The minimum Gasteiger partial charge on any atom is -0.497 e. The summed E-state index contributed by atoms with van der Waals surface area (Å²) in [5, 5.41) is 24.6. The van der Waals surface area contributed by atoms with Crippen LogP contribution in [0.3, 0.4) is 0 Å². The molecule has 0 saturated carbocycles. The quantitative estimate of drug-likeness (QED) is 0.506. The molecule has 1 fully saturated rings. The van der Waals surface area contributed by atoms with Crippen molar-refractivity contribution in [2.45, 2.75) is 32.2 Å². The average Bonchev–Trinajstić information content (AvgIpc) is 3.31. The lowest BCUT2D eigenvalue weighted by molar-refractivity contribution is -0.150. The maximum absolute atomic E-state index is 12.7. The number of nitrogens with one attached hydrogen (secondary N) is 1. The highest BCUT2D eigenvalue weighted by atomic mass is 16.6. The van der Waals surface area contributed by atoms with Gasteiger partial charge < -0.3 is 24.6 Å². The van der Waals surface area contributed by atoms with Crippen molar-refractivity contribution in [1.29, 1.82) is 0 Å². The SMILES string of the molecule is COc1cccc(CNC(=O)c2cc(-c3nnn(CC4CO[C@@H](CO)CO4)n3)cc(C)n2)c1. The first-order chi connectivity index (χ1) is 16.0. The van der Waals surface area contributed by atoms with E-state index < -0.39 is 0 Å². The Labute approximate surface area is 190 Å². The van der Waals surface area contributed by atoms with E-state index in [2.05, 4.69) is 25.7 Å². The van der Waals surface area contributed by atoms with E-state index >= 15 is 0 Å². The molecule has 1 unspecified atom stereocenters. The van der Waals surface area contributed by atoms with Crippen molar-refractivity contribution in [3.63, 3.8) is 0 Å². The van der Waals surface area contributed by atoms with Gasteiger partial charge in [0, 0.05) is 17.8 Å². The number of ether oxygens (including phenoxy) is 3. The van der Waals surface area contributed by atoms with Crippen molar-refractivity contribution in [2.75, 3.05) is 26.9 Å². The van der Waals surface area contributed by atoms with Crippen molar-refractivity contribution in [1.82, 2.24) is 30.5 Å². The van der Waals surface area contributed by atoms with Crippen LogP contribution >= 0.6 is 0 Å². The summed E-state index contributed by atoms with van der Waals surface area (Å²) in [5.41, 5.74) is 2.48. The Morgan fingerprint density at radius 1 is 1.24 bits per heavy atom. The Bertz CT molecular complexity index is 1100. The van der Waals surface area contributed by atoms with E-state index in [1.807, 2.05) is 24.3 Å². The summed E-state index contributed by atoms with van der Waals surface area (Å²) in [4.78, 5) is 18.5. The number of aliphatic hydroxyl groups excluding tert-OH is 1. The van der Waals surface area contributed by atoms with E-state index in [-0.39, 0.29) is 30.4 Å². The van der Waals surface area contributed by atoms with Gasteiger partial charge in [0.2, 0.25) is 5.82 Å². The third kappa shape index (κ3) is 5.89. The van der Waals surface area contributed by atoms with Crippen LogP contribution in [0.4, 0.5) is 0 Å². The number of aryl methyl sites for hydroxylation is 1. The van der Waals surface area contributed by atoms with E-state index in [0.29, 0.717) is 43.4 Å². The number of pyridine rings is 1. The first-order valence-electron chi connectivity index (χ1n) is 10.6. The second-order valence-corrected chi connectivity index (χ2v) is 7.68. The topological polar surface area (TPSA) is 134 Å². The summed E-state index contributed by atoms with van der Waals surface area (Å²) in [5.74, 6) is 0.805. The van der Waals surface area contributed by atoms with Crippen LogP contribution in [0.5, 0.6) is 5.75 Å². The minimum absolute atomic E-state index is 0.0741. The summed E-state index contributed by atoms with van der Waals surface area (Å²) in [6.45, 7) is 3.10. The fourth-order valence-electron chi connectivity index (χ4n) is 3.38. The molecule has 1 amide bonds. The van der Waals surface area contributed by atoms with Crippen molar-refractivity contribution in [3.8, 4) is 17.1 Å². The van der Waals surface area contributed by atoms with Gasteiger partial charge >= 0.3 is 0 Å². The number of aliphatic hydroxyl groups is 1. The number of carbonyl (C=O) groups excluding carboxylic acids is 1. The molecule has 1 aliphatic heterocycles. The number of carbonyl (C=O) groups is 1. The number of amides is 1. The van der Waals surface area contributed by atoms with Gasteiger partial charge in [-0.1, -0.05) is 12.1 Å². The van der Waals surface area contributed by atoms with Gasteiger partial charge in [-0.2, -0.15) is 4.80 Å². The first kappa shape index (κ1) is 22.8. The van der Waals surface area contributed by atoms with E-state index in [1.54, 1.807) is 26.2 Å². The molecule has 174 valence electrons. The zero-order valence-corrected chi connectivity index (χ0v) is 18.5. The molecule has 2 atom stereocenters. The van der Waals surface area contributed by atoms with Crippen LogP contribution < -0.4 is 10.1 Å². The van der Waals surface area contributed by atoms with Gasteiger partial charge in [-0.3, -0.25) is 4.79 Å². The van der Waals surface area contributed by atoms with Crippen molar-refractivity contribution in [3.05, 3.63) is 53.3 Å². The summed E-state index contributed by atoms with van der Waals surface area (Å²) in [7, 11) is 1.60. The Hall–Kier alpha value is -3.41. The molecule has 0 aliphatic carbocycles. The lowest BCUT2D eigenvalue weighted by atomic mass is 10.1. The number of rotatable bonds is 8. The maximum Gasteiger partial charge on any atom is 0.270 e. The molecule has 3 heterocycles. The molecule has 33 heavy (non-hydrogen) atoms. The smallest absolute Gasteiger partial charge is 0.270 e. The van der Waals surface area contributed by atoms with Gasteiger partial charge in [0.25, 0.3) is 5.91 Å². The molecule has 4 rings (SSSR count). The fraction of sp³-hybridized carbons (Fsp3) is 0.409. The minimum atomic E-state index is -0.304. The van der Waals surface area contributed by atoms with Crippen molar-refractivity contribution < 1.29 is 24.1 Å². The fourth-order valence-corrected chi connectivity index (χ4v) is 3.38. The third-order valence-corrected chi connectivity index (χ3v) is 5.09.